The van der Waals surface area contributed by atoms with Crippen molar-refractivity contribution in [1.29, 1.82) is 0 Å². The van der Waals surface area contributed by atoms with E-state index in [0.29, 0.717) is 38.2 Å². The van der Waals surface area contributed by atoms with Gasteiger partial charge in [0, 0.05) is 18.8 Å². The number of hydrogen-bond acceptors (Lipinski definition) is 6. The van der Waals surface area contributed by atoms with Gasteiger partial charge in [-0.05, 0) is 56.2 Å². The second-order valence-corrected chi connectivity index (χ2v) is 8.80. The van der Waals surface area contributed by atoms with E-state index in [1.165, 1.54) is 30.3 Å². The van der Waals surface area contributed by atoms with Gasteiger partial charge in [0.15, 0.2) is 0 Å². The summed E-state index contributed by atoms with van der Waals surface area (Å²) < 4.78 is 45.7. The first-order valence-electron chi connectivity index (χ1n) is 9.78. The lowest BCUT2D eigenvalue weighted by Gasteiger charge is -2.33. The monoisotopic (exact) mass is 450 g/mol. The summed E-state index contributed by atoms with van der Waals surface area (Å²) in [7, 11) is -4.09. The second kappa shape index (κ2) is 9.34. The summed E-state index contributed by atoms with van der Waals surface area (Å²) in [6.45, 7) is 3.00. The molecular weight excluding hydrogens is 427 g/mol. The van der Waals surface area contributed by atoms with Gasteiger partial charge in [-0.3, -0.25) is 9.52 Å². The second-order valence-electron chi connectivity index (χ2n) is 7.11. The molecule has 0 saturated carbocycles. The zero-order chi connectivity index (χ0) is 22.6. The first-order valence-corrected chi connectivity index (χ1v) is 11.3. The van der Waals surface area contributed by atoms with Crippen molar-refractivity contribution < 1.29 is 32.2 Å². The zero-order valence-corrected chi connectivity index (χ0v) is 17.7. The fourth-order valence-electron chi connectivity index (χ4n) is 3.51. The molecular formula is C21H23FN2O6S. The van der Waals surface area contributed by atoms with Crippen LogP contribution in [0.5, 0.6) is 0 Å². The average molecular weight is 450 g/mol. The SMILES string of the molecule is CCOC(=O)C1CCN(c2ccc(NS(=O)(=O)c3cccc(F)c3)cc2C(=O)O)CC1. The number of esters is 1. The molecule has 1 aliphatic rings. The Kier molecular flexibility index (Phi) is 6.79. The molecule has 0 amide bonds. The van der Waals surface area contributed by atoms with Crippen molar-refractivity contribution in [2.75, 3.05) is 29.3 Å². The highest BCUT2D eigenvalue weighted by Gasteiger charge is 2.28. The minimum absolute atomic E-state index is 0.0480. The van der Waals surface area contributed by atoms with Gasteiger partial charge in [-0.15, -0.1) is 0 Å². The highest BCUT2D eigenvalue weighted by molar-refractivity contribution is 7.92. The number of aromatic carboxylic acids is 1. The Labute approximate surface area is 179 Å². The Morgan fingerprint density at radius 1 is 1.19 bits per heavy atom. The third kappa shape index (κ3) is 5.32. The number of anilines is 2. The lowest BCUT2D eigenvalue weighted by molar-refractivity contribution is -0.148. The molecule has 8 nitrogen and oxygen atoms in total. The molecule has 1 heterocycles. The number of benzene rings is 2. The van der Waals surface area contributed by atoms with Crippen molar-refractivity contribution in [3.8, 4) is 0 Å². The molecule has 2 N–H and O–H groups in total. The molecule has 2 aromatic carbocycles. The van der Waals surface area contributed by atoms with Crippen molar-refractivity contribution in [1.82, 2.24) is 0 Å². The Morgan fingerprint density at radius 2 is 1.90 bits per heavy atom. The molecule has 0 unspecified atom stereocenters. The van der Waals surface area contributed by atoms with E-state index in [-0.39, 0.29) is 28.0 Å². The first kappa shape index (κ1) is 22.5. The van der Waals surface area contributed by atoms with Crippen LogP contribution in [0, 0.1) is 11.7 Å². The molecule has 166 valence electrons. The summed E-state index contributed by atoms with van der Waals surface area (Å²) >= 11 is 0. The Balaban J connectivity index is 1.79. The summed E-state index contributed by atoms with van der Waals surface area (Å²) in [5.74, 6) is -2.38. The summed E-state index contributed by atoms with van der Waals surface area (Å²) in [5, 5.41) is 9.66. The average Bonchev–Trinajstić information content (AvgIpc) is 2.74. The van der Waals surface area contributed by atoms with Gasteiger partial charge in [-0.1, -0.05) is 6.07 Å². The van der Waals surface area contributed by atoms with Gasteiger partial charge in [0.25, 0.3) is 10.0 Å². The summed E-state index contributed by atoms with van der Waals surface area (Å²) in [4.78, 5) is 25.3. The Bertz CT molecular complexity index is 1080. The molecule has 0 aromatic heterocycles. The van der Waals surface area contributed by atoms with E-state index in [0.717, 1.165) is 12.1 Å². The van der Waals surface area contributed by atoms with Crippen LogP contribution < -0.4 is 9.62 Å². The van der Waals surface area contributed by atoms with Crippen molar-refractivity contribution in [3.63, 3.8) is 0 Å². The van der Waals surface area contributed by atoms with Crippen molar-refractivity contribution in [2.45, 2.75) is 24.7 Å². The molecule has 0 atom stereocenters. The van der Waals surface area contributed by atoms with Gasteiger partial charge in [0.1, 0.15) is 5.82 Å². The quantitative estimate of drug-likeness (QED) is 0.623. The topological polar surface area (TPSA) is 113 Å². The number of ether oxygens (including phenoxy) is 1. The molecule has 3 rings (SSSR count). The number of sulfonamides is 1. The number of rotatable bonds is 7. The van der Waals surface area contributed by atoms with E-state index in [1.54, 1.807) is 6.92 Å². The van der Waals surface area contributed by atoms with Gasteiger partial charge in [-0.25, -0.2) is 17.6 Å². The standard InChI is InChI=1S/C21H23FN2O6S/c1-2-30-21(27)14-8-10-24(11-9-14)19-7-6-16(13-18(19)20(25)26)23-31(28,29)17-5-3-4-15(22)12-17/h3-7,12-14,23H,2,8-11H2,1H3,(H,25,26). The molecule has 2 aromatic rings. The molecule has 0 radical (unpaired) electrons. The minimum atomic E-state index is -4.09. The molecule has 0 aliphatic carbocycles. The van der Waals surface area contributed by atoms with Crippen LogP contribution in [0.25, 0.3) is 0 Å². The van der Waals surface area contributed by atoms with Crippen LogP contribution in [0.15, 0.2) is 47.4 Å². The van der Waals surface area contributed by atoms with Crippen LogP contribution in [0.3, 0.4) is 0 Å². The van der Waals surface area contributed by atoms with E-state index in [1.807, 2.05) is 4.90 Å². The maximum Gasteiger partial charge on any atom is 0.337 e. The maximum absolute atomic E-state index is 13.4. The van der Waals surface area contributed by atoms with Crippen LogP contribution >= 0.6 is 0 Å². The van der Waals surface area contributed by atoms with Crippen LogP contribution in [0.4, 0.5) is 15.8 Å². The number of carboxylic acids is 1. The largest absolute Gasteiger partial charge is 0.478 e. The molecule has 1 fully saturated rings. The van der Waals surface area contributed by atoms with Crippen LogP contribution in [-0.2, 0) is 19.6 Å². The van der Waals surface area contributed by atoms with E-state index in [9.17, 15) is 27.5 Å². The highest BCUT2D eigenvalue weighted by Crippen LogP contribution is 2.30. The molecule has 10 heteroatoms. The normalized spacial score (nSPS) is 14.8. The predicted octanol–water partition coefficient (Wildman–Crippen LogP) is 3.10. The van der Waals surface area contributed by atoms with Crippen LogP contribution in [0.1, 0.15) is 30.1 Å². The molecule has 0 spiro atoms. The Morgan fingerprint density at radius 3 is 2.52 bits per heavy atom. The fourth-order valence-corrected chi connectivity index (χ4v) is 4.59. The van der Waals surface area contributed by atoms with Crippen LogP contribution in [-0.4, -0.2) is 45.2 Å². The summed E-state index contributed by atoms with van der Waals surface area (Å²) in [6.07, 6.45) is 1.07. The third-order valence-corrected chi connectivity index (χ3v) is 6.42. The maximum atomic E-state index is 13.4. The van der Waals surface area contributed by atoms with Gasteiger partial charge in [0.05, 0.1) is 28.7 Å². The van der Waals surface area contributed by atoms with Gasteiger partial charge < -0.3 is 14.7 Å². The van der Waals surface area contributed by atoms with Gasteiger partial charge >= 0.3 is 11.9 Å². The number of nitrogens with zero attached hydrogens (tertiary/aromatic N) is 1. The van der Waals surface area contributed by atoms with E-state index >= 15 is 0 Å². The molecule has 31 heavy (non-hydrogen) atoms. The number of halogens is 1. The highest BCUT2D eigenvalue weighted by atomic mass is 32.2. The van der Waals surface area contributed by atoms with E-state index in [4.69, 9.17) is 4.74 Å². The lowest BCUT2D eigenvalue weighted by atomic mass is 9.96. The smallest absolute Gasteiger partial charge is 0.337 e. The van der Waals surface area contributed by atoms with Gasteiger partial charge in [-0.2, -0.15) is 0 Å². The number of hydrogen-bond donors (Lipinski definition) is 2. The first-order chi connectivity index (χ1) is 14.7. The number of nitrogens with one attached hydrogen (secondary N) is 1. The van der Waals surface area contributed by atoms with E-state index < -0.39 is 21.8 Å². The van der Waals surface area contributed by atoms with Crippen LogP contribution in [0.2, 0.25) is 0 Å². The molecule has 1 saturated heterocycles. The number of carbonyl (C=O) groups is 2. The van der Waals surface area contributed by atoms with E-state index in [2.05, 4.69) is 4.72 Å². The van der Waals surface area contributed by atoms with Crippen molar-refractivity contribution in [2.24, 2.45) is 5.92 Å². The fraction of sp³-hybridized carbons (Fsp3) is 0.333. The molecule has 1 aliphatic heterocycles. The number of piperidine rings is 1. The third-order valence-electron chi connectivity index (χ3n) is 5.04. The minimum Gasteiger partial charge on any atom is -0.478 e. The predicted molar refractivity (Wildman–Crippen MR) is 112 cm³/mol. The lowest BCUT2D eigenvalue weighted by Crippen LogP contribution is -2.37. The van der Waals surface area contributed by atoms with Crippen molar-refractivity contribution >= 4 is 33.3 Å². The summed E-state index contributed by atoms with van der Waals surface area (Å²) in [5.41, 5.74) is 0.407. The number of carboxylic acid groups (broad SMARTS) is 1. The number of carbonyl (C=O) groups excluding carboxylic acids is 1. The van der Waals surface area contributed by atoms with Crippen molar-refractivity contribution in [3.05, 3.63) is 53.8 Å². The Hall–Kier alpha value is -3.14. The molecule has 0 bridgehead atoms. The summed E-state index contributed by atoms with van der Waals surface area (Å²) in [6, 6.07) is 8.73. The van der Waals surface area contributed by atoms with Gasteiger partial charge in [0.2, 0.25) is 0 Å². The zero-order valence-electron chi connectivity index (χ0n) is 16.9.